The number of hydrogen-bond donors (Lipinski definition) is 3. The van der Waals surface area contributed by atoms with Gasteiger partial charge in [0.25, 0.3) is 5.91 Å². The number of carboxylic acids is 1. The fourth-order valence-corrected chi connectivity index (χ4v) is 2.68. The highest BCUT2D eigenvalue weighted by molar-refractivity contribution is 7.90. The van der Waals surface area contributed by atoms with Gasteiger partial charge < -0.3 is 15.2 Å². The van der Waals surface area contributed by atoms with Crippen molar-refractivity contribution in [3.05, 3.63) is 59.7 Å². The van der Waals surface area contributed by atoms with E-state index in [0.717, 1.165) is 4.31 Å². The molecule has 0 unspecified atom stereocenters. The summed E-state index contributed by atoms with van der Waals surface area (Å²) >= 11 is 0. The van der Waals surface area contributed by atoms with Crippen LogP contribution in [0.15, 0.2) is 48.5 Å². The highest BCUT2D eigenvalue weighted by Gasteiger charge is 2.17. The summed E-state index contributed by atoms with van der Waals surface area (Å²) in [5.74, 6) is -2.73. The third-order valence-electron chi connectivity index (χ3n) is 3.58. The summed E-state index contributed by atoms with van der Waals surface area (Å²) in [7, 11) is -0.932. The molecule has 0 atom stereocenters. The number of amides is 1. The van der Waals surface area contributed by atoms with Crippen molar-refractivity contribution in [2.45, 2.75) is 0 Å². The highest BCUT2D eigenvalue weighted by Crippen LogP contribution is 2.20. The number of anilines is 1. The summed E-state index contributed by atoms with van der Waals surface area (Å²) in [5.41, 5.74) is 0.375. The zero-order valence-electron chi connectivity index (χ0n) is 15.6. The minimum Gasteiger partial charge on any atom is -0.480 e. The Hall–Kier alpha value is -3.44. The van der Waals surface area contributed by atoms with E-state index in [9.17, 15) is 22.8 Å². The Balaban J connectivity index is 2.13. The fraction of sp³-hybridized carbons (Fsp3) is 0.167. The van der Waals surface area contributed by atoms with Crippen LogP contribution < -0.4 is 14.8 Å². The zero-order chi connectivity index (χ0) is 21.6. The molecule has 0 fully saturated rings. The van der Waals surface area contributed by atoms with Crippen LogP contribution in [0.3, 0.4) is 0 Å². The Labute approximate surface area is 167 Å². The quantitative estimate of drug-likeness (QED) is 0.425. The summed E-state index contributed by atoms with van der Waals surface area (Å²) in [5, 5.41) is 10.8. The standard InChI is InChI=1S/C18H19N3O7S/c1-21(2)29(26,27)20-13-9-7-12(8-10-13)18(25)28-15-6-4-3-5-14(15)17(24)19-11-16(22)23/h3-10,20H,11H2,1-2H3,(H,19,24)(H,22,23). The summed E-state index contributed by atoms with van der Waals surface area (Å²) < 4.78 is 32.2. The van der Waals surface area contributed by atoms with E-state index >= 15 is 0 Å². The average molecular weight is 421 g/mol. The summed E-state index contributed by atoms with van der Waals surface area (Å²) in [6.45, 7) is -0.578. The predicted octanol–water partition coefficient (Wildman–Crippen LogP) is 0.938. The van der Waals surface area contributed by atoms with E-state index in [1.165, 1.54) is 50.5 Å². The smallest absolute Gasteiger partial charge is 0.343 e. The molecule has 0 aliphatic rings. The Morgan fingerprint density at radius 3 is 2.24 bits per heavy atom. The molecule has 11 heteroatoms. The number of carboxylic acid groups (broad SMARTS) is 1. The van der Waals surface area contributed by atoms with Crippen LogP contribution in [-0.2, 0) is 15.0 Å². The van der Waals surface area contributed by atoms with Crippen molar-refractivity contribution in [1.82, 2.24) is 9.62 Å². The highest BCUT2D eigenvalue weighted by atomic mass is 32.2. The van der Waals surface area contributed by atoms with Crippen LogP contribution in [0, 0.1) is 0 Å². The maximum atomic E-state index is 12.4. The van der Waals surface area contributed by atoms with E-state index < -0.39 is 34.6 Å². The molecule has 154 valence electrons. The summed E-state index contributed by atoms with van der Waals surface area (Å²) in [4.78, 5) is 35.0. The molecule has 29 heavy (non-hydrogen) atoms. The van der Waals surface area contributed by atoms with Crippen molar-refractivity contribution in [3.8, 4) is 5.75 Å². The molecule has 0 radical (unpaired) electrons. The second-order valence-electron chi connectivity index (χ2n) is 5.93. The first-order valence-electron chi connectivity index (χ1n) is 8.21. The number of aliphatic carboxylic acids is 1. The Morgan fingerprint density at radius 1 is 1.03 bits per heavy atom. The van der Waals surface area contributed by atoms with Crippen LogP contribution in [0.4, 0.5) is 5.69 Å². The number of benzene rings is 2. The molecule has 0 bridgehead atoms. The van der Waals surface area contributed by atoms with Gasteiger partial charge in [-0.2, -0.15) is 12.7 Å². The van der Waals surface area contributed by atoms with E-state index in [1.807, 2.05) is 0 Å². The molecule has 0 aromatic heterocycles. The molecule has 0 aliphatic heterocycles. The van der Waals surface area contributed by atoms with Crippen molar-refractivity contribution >= 4 is 33.7 Å². The Bertz CT molecular complexity index is 1020. The molecule has 0 aliphatic carbocycles. The van der Waals surface area contributed by atoms with Crippen molar-refractivity contribution in [2.24, 2.45) is 0 Å². The summed E-state index contributed by atoms with van der Waals surface area (Å²) in [6.07, 6.45) is 0. The molecule has 2 rings (SSSR count). The van der Waals surface area contributed by atoms with Crippen LogP contribution in [0.5, 0.6) is 5.75 Å². The second-order valence-corrected chi connectivity index (χ2v) is 7.81. The topological polar surface area (TPSA) is 142 Å². The van der Waals surface area contributed by atoms with E-state index in [4.69, 9.17) is 9.84 Å². The summed E-state index contributed by atoms with van der Waals surface area (Å²) in [6, 6.07) is 11.4. The van der Waals surface area contributed by atoms with E-state index in [2.05, 4.69) is 10.0 Å². The van der Waals surface area contributed by atoms with Gasteiger partial charge in [0.15, 0.2) is 0 Å². The zero-order valence-corrected chi connectivity index (χ0v) is 16.4. The average Bonchev–Trinajstić information content (AvgIpc) is 2.66. The van der Waals surface area contributed by atoms with Crippen LogP contribution in [0.2, 0.25) is 0 Å². The third kappa shape index (κ3) is 6.02. The number of hydrogen-bond acceptors (Lipinski definition) is 6. The van der Waals surface area contributed by atoms with Gasteiger partial charge in [0.1, 0.15) is 12.3 Å². The number of esters is 1. The van der Waals surface area contributed by atoms with Crippen LogP contribution in [0.25, 0.3) is 0 Å². The van der Waals surface area contributed by atoms with E-state index in [-0.39, 0.29) is 22.6 Å². The molecule has 2 aromatic carbocycles. The second kappa shape index (κ2) is 9.17. The molecular formula is C18H19N3O7S. The minimum absolute atomic E-state index is 0.00235. The normalized spacial score (nSPS) is 11.0. The largest absolute Gasteiger partial charge is 0.480 e. The van der Waals surface area contributed by atoms with E-state index in [1.54, 1.807) is 12.1 Å². The van der Waals surface area contributed by atoms with Crippen molar-refractivity contribution in [3.63, 3.8) is 0 Å². The number of para-hydroxylation sites is 1. The fourth-order valence-electron chi connectivity index (χ4n) is 2.07. The monoisotopic (exact) mass is 421 g/mol. The van der Waals surface area contributed by atoms with Gasteiger partial charge in [0.05, 0.1) is 11.1 Å². The lowest BCUT2D eigenvalue weighted by molar-refractivity contribution is -0.135. The number of carbonyl (C=O) groups excluding carboxylic acids is 2. The molecule has 0 saturated carbocycles. The number of nitrogens with zero attached hydrogens (tertiary/aromatic N) is 1. The first-order valence-corrected chi connectivity index (χ1v) is 9.65. The first kappa shape index (κ1) is 21.9. The maximum Gasteiger partial charge on any atom is 0.343 e. The van der Waals surface area contributed by atoms with Crippen LogP contribution >= 0.6 is 0 Å². The van der Waals surface area contributed by atoms with Crippen LogP contribution in [0.1, 0.15) is 20.7 Å². The number of ether oxygens (including phenoxy) is 1. The lowest BCUT2D eigenvalue weighted by atomic mass is 10.1. The lowest BCUT2D eigenvalue weighted by Gasteiger charge is -2.13. The molecule has 1 amide bonds. The van der Waals surface area contributed by atoms with Gasteiger partial charge in [-0.3, -0.25) is 14.3 Å². The van der Waals surface area contributed by atoms with Crippen molar-refractivity contribution in [1.29, 1.82) is 0 Å². The SMILES string of the molecule is CN(C)S(=O)(=O)Nc1ccc(C(=O)Oc2ccccc2C(=O)NCC(=O)O)cc1. The Kier molecular flexibility index (Phi) is 6.91. The van der Waals surface area contributed by atoms with Gasteiger partial charge in [-0.15, -0.1) is 0 Å². The molecule has 10 nitrogen and oxygen atoms in total. The number of rotatable bonds is 8. The van der Waals surface area contributed by atoms with Crippen LogP contribution in [-0.4, -0.2) is 56.3 Å². The van der Waals surface area contributed by atoms with Gasteiger partial charge in [-0.05, 0) is 36.4 Å². The van der Waals surface area contributed by atoms with Gasteiger partial charge in [-0.25, -0.2) is 4.79 Å². The van der Waals surface area contributed by atoms with Gasteiger partial charge in [0, 0.05) is 19.8 Å². The Morgan fingerprint density at radius 2 is 1.66 bits per heavy atom. The molecular weight excluding hydrogens is 402 g/mol. The molecule has 0 spiro atoms. The van der Waals surface area contributed by atoms with Crippen molar-refractivity contribution in [2.75, 3.05) is 25.4 Å². The predicted molar refractivity (Wildman–Crippen MR) is 104 cm³/mol. The number of nitrogens with one attached hydrogen (secondary N) is 2. The molecule has 2 aromatic rings. The molecule has 0 heterocycles. The van der Waals surface area contributed by atoms with Gasteiger partial charge in [-0.1, -0.05) is 12.1 Å². The van der Waals surface area contributed by atoms with E-state index in [0.29, 0.717) is 0 Å². The molecule has 0 saturated heterocycles. The molecule has 3 N–H and O–H groups in total. The van der Waals surface area contributed by atoms with Gasteiger partial charge >= 0.3 is 22.1 Å². The number of carbonyl (C=O) groups is 3. The maximum absolute atomic E-state index is 12.4. The minimum atomic E-state index is -3.68. The lowest BCUT2D eigenvalue weighted by Crippen LogP contribution is -2.29. The third-order valence-corrected chi connectivity index (χ3v) is 5.04. The van der Waals surface area contributed by atoms with Crippen molar-refractivity contribution < 1.29 is 32.6 Å². The van der Waals surface area contributed by atoms with Gasteiger partial charge in [0.2, 0.25) is 0 Å². The first-order chi connectivity index (χ1) is 13.6.